The Hall–Kier alpha value is -0.686. The zero-order chi connectivity index (χ0) is 13.6. The second-order valence-corrected chi connectivity index (χ2v) is 14.2. The van der Waals surface area contributed by atoms with Crippen molar-refractivity contribution in [1.82, 2.24) is 0 Å². The zero-order valence-electron chi connectivity index (χ0n) is 11.8. The maximum absolute atomic E-state index is 9.23. The van der Waals surface area contributed by atoms with Crippen molar-refractivity contribution in [3.63, 3.8) is 0 Å². The standard InChI is InChI=1S/C14H24O2Si2/c1-17(2,3)16-18(4,13-11-15)12-10-14-8-6-5-7-9-14/h5-10,12,15H,11,13H2,1-4H3. The van der Waals surface area contributed by atoms with Crippen LogP contribution in [0.2, 0.25) is 32.2 Å². The molecule has 0 aromatic heterocycles. The number of benzene rings is 1. The number of aliphatic hydroxyl groups excluding tert-OH is 1. The van der Waals surface area contributed by atoms with Gasteiger partial charge in [0.1, 0.15) is 0 Å². The number of hydrogen-bond donors (Lipinski definition) is 1. The van der Waals surface area contributed by atoms with E-state index >= 15 is 0 Å². The highest BCUT2D eigenvalue weighted by Crippen LogP contribution is 2.20. The minimum atomic E-state index is -1.94. The third kappa shape index (κ3) is 5.77. The van der Waals surface area contributed by atoms with Gasteiger partial charge in [0.25, 0.3) is 0 Å². The molecule has 0 fully saturated rings. The van der Waals surface area contributed by atoms with Crippen LogP contribution in [0.1, 0.15) is 5.56 Å². The summed E-state index contributed by atoms with van der Waals surface area (Å²) in [6.45, 7) is 8.98. The molecule has 1 atom stereocenters. The van der Waals surface area contributed by atoms with Gasteiger partial charge in [-0.15, -0.1) is 0 Å². The molecule has 0 spiro atoms. The fourth-order valence-electron chi connectivity index (χ4n) is 1.93. The molecule has 0 radical (unpaired) electrons. The Labute approximate surface area is 113 Å². The average Bonchev–Trinajstić information content (AvgIpc) is 2.26. The predicted octanol–water partition coefficient (Wildman–Crippen LogP) is 3.66. The largest absolute Gasteiger partial charge is 0.453 e. The Morgan fingerprint density at radius 1 is 1.11 bits per heavy atom. The first-order chi connectivity index (χ1) is 8.35. The van der Waals surface area contributed by atoms with Crippen molar-refractivity contribution in [2.45, 2.75) is 32.2 Å². The highest BCUT2D eigenvalue weighted by atomic mass is 28.4. The molecule has 100 valence electrons. The van der Waals surface area contributed by atoms with Gasteiger partial charge in [0.15, 0.2) is 8.32 Å². The van der Waals surface area contributed by atoms with Gasteiger partial charge >= 0.3 is 0 Å². The van der Waals surface area contributed by atoms with Crippen LogP contribution in [0.5, 0.6) is 0 Å². The molecule has 2 nitrogen and oxygen atoms in total. The molecule has 1 aromatic carbocycles. The van der Waals surface area contributed by atoms with E-state index in [2.05, 4.69) is 50.1 Å². The quantitative estimate of drug-likeness (QED) is 0.806. The summed E-state index contributed by atoms with van der Waals surface area (Å²) >= 11 is 0. The van der Waals surface area contributed by atoms with Gasteiger partial charge in [0, 0.05) is 6.61 Å². The number of hydrogen-bond acceptors (Lipinski definition) is 2. The van der Waals surface area contributed by atoms with Crippen molar-refractivity contribution in [3.8, 4) is 0 Å². The average molecular weight is 281 g/mol. The second kappa shape index (κ2) is 6.47. The third-order valence-corrected chi connectivity index (χ3v) is 8.98. The summed E-state index contributed by atoms with van der Waals surface area (Å²) in [5, 5.41) is 9.23. The van der Waals surface area contributed by atoms with Gasteiger partial charge < -0.3 is 9.22 Å². The molecule has 1 rings (SSSR count). The summed E-state index contributed by atoms with van der Waals surface area (Å²) in [4.78, 5) is 0. The monoisotopic (exact) mass is 280 g/mol. The Kier molecular flexibility index (Phi) is 5.53. The minimum Gasteiger partial charge on any atom is -0.453 e. The van der Waals surface area contributed by atoms with Crippen LogP contribution >= 0.6 is 0 Å². The molecule has 4 heteroatoms. The van der Waals surface area contributed by atoms with E-state index in [1.54, 1.807) is 0 Å². The molecule has 0 saturated carbocycles. The van der Waals surface area contributed by atoms with Crippen LogP contribution in [0.3, 0.4) is 0 Å². The van der Waals surface area contributed by atoms with Gasteiger partial charge in [0.05, 0.1) is 0 Å². The Bertz CT molecular complexity index is 385. The van der Waals surface area contributed by atoms with Crippen LogP contribution in [-0.2, 0) is 4.12 Å². The maximum atomic E-state index is 9.23. The molecule has 0 saturated heterocycles. The maximum Gasteiger partial charge on any atom is 0.204 e. The molecule has 0 aliphatic carbocycles. The lowest BCUT2D eigenvalue weighted by molar-refractivity contribution is 0.311. The highest BCUT2D eigenvalue weighted by Gasteiger charge is 2.31. The van der Waals surface area contributed by atoms with Crippen molar-refractivity contribution in [1.29, 1.82) is 0 Å². The van der Waals surface area contributed by atoms with E-state index in [4.69, 9.17) is 4.12 Å². The normalized spacial score (nSPS) is 15.8. The van der Waals surface area contributed by atoms with Crippen molar-refractivity contribution in [3.05, 3.63) is 41.6 Å². The molecule has 0 aliphatic rings. The van der Waals surface area contributed by atoms with E-state index in [1.165, 1.54) is 5.56 Å². The van der Waals surface area contributed by atoms with Crippen LogP contribution in [0.15, 0.2) is 36.0 Å². The van der Waals surface area contributed by atoms with Crippen molar-refractivity contribution >= 4 is 22.7 Å². The summed E-state index contributed by atoms with van der Waals surface area (Å²) in [7, 11) is -3.51. The van der Waals surface area contributed by atoms with E-state index in [1.807, 2.05) is 18.2 Å². The lowest BCUT2D eigenvalue weighted by Crippen LogP contribution is -2.44. The minimum absolute atomic E-state index is 0.201. The van der Waals surface area contributed by atoms with Gasteiger partial charge in [0.2, 0.25) is 8.32 Å². The van der Waals surface area contributed by atoms with Gasteiger partial charge in [-0.05, 0) is 37.8 Å². The van der Waals surface area contributed by atoms with Crippen LogP contribution in [0, 0.1) is 0 Å². The summed E-state index contributed by atoms with van der Waals surface area (Å²) in [5.74, 6) is 0. The second-order valence-electron chi connectivity index (χ2n) is 5.74. The fraction of sp³-hybridized carbons (Fsp3) is 0.429. The Balaban J connectivity index is 2.82. The number of rotatable bonds is 6. The van der Waals surface area contributed by atoms with Gasteiger partial charge in [-0.25, -0.2) is 0 Å². The van der Waals surface area contributed by atoms with Crippen molar-refractivity contribution in [2.24, 2.45) is 0 Å². The highest BCUT2D eigenvalue weighted by molar-refractivity contribution is 6.88. The van der Waals surface area contributed by atoms with E-state index in [9.17, 15) is 5.11 Å². The summed E-state index contributed by atoms with van der Waals surface area (Å²) < 4.78 is 6.32. The molecule has 1 aromatic rings. The first-order valence-corrected chi connectivity index (χ1v) is 12.5. The molecule has 1 unspecified atom stereocenters. The Morgan fingerprint density at radius 3 is 2.22 bits per heavy atom. The van der Waals surface area contributed by atoms with Crippen LogP contribution in [0.4, 0.5) is 0 Å². The molecule has 0 aliphatic heterocycles. The Morgan fingerprint density at radius 2 is 1.72 bits per heavy atom. The van der Waals surface area contributed by atoms with Gasteiger partial charge in [-0.2, -0.15) is 0 Å². The molecule has 18 heavy (non-hydrogen) atoms. The molecular formula is C14H24O2Si2. The third-order valence-electron chi connectivity index (χ3n) is 2.58. The fourth-order valence-corrected chi connectivity index (χ4v) is 9.36. The van der Waals surface area contributed by atoms with Crippen molar-refractivity contribution in [2.75, 3.05) is 6.61 Å². The van der Waals surface area contributed by atoms with Gasteiger partial charge in [-0.3, -0.25) is 0 Å². The molecule has 0 amide bonds. The number of aliphatic hydroxyl groups is 1. The van der Waals surface area contributed by atoms with E-state index in [-0.39, 0.29) is 6.61 Å². The molecule has 0 bridgehead atoms. The first-order valence-electron chi connectivity index (χ1n) is 6.40. The lowest BCUT2D eigenvalue weighted by Gasteiger charge is -2.31. The lowest BCUT2D eigenvalue weighted by atomic mass is 10.2. The summed E-state index contributed by atoms with van der Waals surface area (Å²) in [6, 6.07) is 11.0. The van der Waals surface area contributed by atoms with Crippen molar-refractivity contribution < 1.29 is 9.22 Å². The summed E-state index contributed by atoms with van der Waals surface area (Å²) in [5.41, 5.74) is 3.39. The summed E-state index contributed by atoms with van der Waals surface area (Å²) in [6.07, 6.45) is 2.13. The topological polar surface area (TPSA) is 29.5 Å². The van der Waals surface area contributed by atoms with E-state index in [0.717, 1.165) is 6.04 Å². The zero-order valence-corrected chi connectivity index (χ0v) is 13.8. The molecule has 0 heterocycles. The van der Waals surface area contributed by atoms with E-state index < -0.39 is 16.6 Å². The van der Waals surface area contributed by atoms with Gasteiger partial charge in [-0.1, -0.05) is 42.1 Å². The van der Waals surface area contributed by atoms with E-state index in [0.29, 0.717) is 0 Å². The van der Waals surface area contributed by atoms with Crippen LogP contribution in [0.25, 0.3) is 6.08 Å². The van der Waals surface area contributed by atoms with Crippen LogP contribution in [-0.4, -0.2) is 28.3 Å². The first kappa shape index (κ1) is 15.4. The smallest absolute Gasteiger partial charge is 0.204 e. The molecule has 1 N–H and O–H groups in total. The SMILES string of the molecule is C[Si](C)(C)O[Si](C)(C=Cc1ccccc1)CCO. The predicted molar refractivity (Wildman–Crippen MR) is 83.4 cm³/mol. The molecular weight excluding hydrogens is 256 g/mol. The van der Waals surface area contributed by atoms with Crippen LogP contribution < -0.4 is 0 Å².